The van der Waals surface area contributed by atoms with Crippen LogP contribution in [0.15, 0.2) is 54.6 Å². The van der Waals surface area contributed by atoms with Crippen LogP contribution < -0.4 is 0 Å². The molecule has 0 aromatic carbocycles. The minimum atomic E-state index is -0.655. The number of nitrogens with zero attached hydrogens (tertiary/aromatic N) is 3. The van der Waals surface area contributed by atoms with Crippen molar-refractivity contribution in [1.82, 2.24) is 14.9 Å². The fourth-order valence-electron chi connectivity index (χ4n) is 3.20. The second kappa shape index (κ2) is 7.91. The van der Waals surface area contributed by atoms with Crippen LogP contribution in [0.4, 0.5) is 0 Å². The Morgan fingerprint density at radius 1 is 1.04 bits per heavy atom. The van der Waals surface area contributed by atoms with Gasteiger partial charge >= 0.3 is 0 Å². The maximum Gasteiger partial charge on any atom is 0.295 e. The van der Waals surface area contributed by atoms with Crippen molar-refractivity contribution in [3.63, 3.8) is 0 Å². The van der Waals surface area contributed by atoms with Crippen molar-refractivity contribution in [2.75, 3.05) is 6.54 Å². The molecule has 2 aromatic heterocycles. The van der Waals surface area contributed by atoms with Crippen molar-refractivity contribution in [2.24, 2.45) is 0 Å². The number of pyridine rings is 2. The largest absolute Gasteiger partial charge is 0.507 e. The van der Waals surface area contributed by atoms with Gasteiger partial charge < -0.3 is 10.0 Å². The summed E-state index contributed by atoms with van der Waals surface area (Å²) < 4.78 is 0. The molecule has 1 N–H and O–H groups in total. The Labute approximate surface area is 152 Å². The molecule has 0 bridgehead atoms. The van der Waals surface area contributed by atoms with E-state index >= 15 is 0 Å². The maximum atomic E-state index is 12.7. The van der Waals surface area contributed by atoms with E-state index in [1.165, 1.54) is 12.4 Å². The SMILES string of the molecule is CCCCCN1C(=O)C(=O)/C(=C(\O)c2ccncc2)C1c1ccncc1. The molecule has 26 heavy (non-hydrogen) atoms. The topological polar surface area (TPSA) is 83.4 Å². The molecule has 134 valence electrons. The molecule has 1 aliphatic heterocycles. The van der Waals surface area contributed by atoms with Crippen LogP contribution in [0.3, 0.4) is 0 Å². The zero-order chi connectivity index (χ0) is 18.5. The van der Waals surface area contributed by atoms with Crippen LogP contribution in [-0.4, -0.2) is 38.2 Å². The van der Waals surface area contributed by atoms with Gasteiger partial charge in [-0.2, -0.15) is 0 Å². The molecule has 0 saturated carbocycles. The van der Waals surface area contributed by atoms with Crippen LogP contribution in [0.2, 0.25) is 0 Å². The second-order valence-corrected chi connectivity index (χ2v) is 6.22. The minimum absolute atomic E-state index is 0.115. The van der Waals surface area contributed by atoms with Gasteiger partial charge in [0.05, 0.1) is 11.6 Å². The Morgan fingerprint density at radius 3 is 2.27 bits per heavy atom. The fourth-order valence-corrected chi connectivity index (χ4v) is 3.20. The Kier molecular flexibility index (Phi) is 5.41. The summed E-state index contributed by atoms with van der Waals surface area (Å²) in [7, 11) is 0. The molecule has 1 amide bonds. The van der Waals surface area contributed by atoms with Gasteiger partial charge in [0.2, 0.25) is 0 Å². The minimum Gasteiger partial charge on any atom is -0.507 e. The summed E-state index contributed by atoms with van der Waals surface area (Å²) in [6.45, 7) is 2.55. The first-order valence-corrected chi connectivity index (χ1v) is 8.74. The first kappa shape index (κ1) is 17.8. The van der Waals surface area contributed by atoms with Crippen molar-refractivity contribution in [1.29, 1.82) is 0 Å². The molecule has 6 nitrogen and oxygen atoms in total. The predicted octanol–water partition coefficient (Wildman–Crippen LogP) is 3.09. The Balaban J connectivity index is 2.09. The van der Waals surface area contributed by atoms with Crippen LogP contribution in [0, 0.1) is 0 Å². The monoisotopic (exact) mass is 351 g/mol. The molecule has 6 heteroatoms. The van der Waals surface area contributed by atoms with Crippen LogP contribution in [0.1, 0.15) is 43.4 Å². The van der Waals surface area contributed by atoms with E-state index in [9.17, 15) is 14.7 Å². The average Bonchev–Trinajstić information content (AvgIpc) is 2.94. The third-order valence-corrected chi connectivity index (χ3v) is 4.52. The van der Waals surface area contributed by atoms with Crippen LogP contribution >= 0.6 is 0 Å². The molecular formula is C20H21N3O3. The molecule has 1 unspecified atom stereocenters. The number of hydrogen-bond acceptors (Lipinski definition) is 5. The van der Waals surface area contributed by atoms with Crippen LogP contribution in [-0.2, 0) is 9.59 Å². The number of rotatable bonds is 6. The summed E-state index contributed by atoms with van der Waals surface area (Å²) in [5, 5.41) is 10.8. The third-order valence-electron chi connectivity index (χ3n) is 4.52. The van der Waals surface area contributed by atoms with E-state index in [1.54, 1.807) is 41.6 Å². The summed E-state index contributed by atoms with van der Waals surface area (Å²) in [5.74, 6) is -1.40. The van der Waals surface area contributed by atoms with E-state index in [4.69, 9.17) is 0 Å². The normalized spacial score (nSPS) is 19.1. The highest BCUT2D eigenvalue weighted by Gasteiger charge is 2.45. The lowest BCUT2D eigenvalue weighted by Gasteiger charge is -2.25. The van der Waals surface area contributed by atoms with Crippen molar-refractivity contribution in [3.05, 3.63) is 65.8 Å². The quantitative estimate of drug-likeness (QED) is 0.374. The van der Waals surface area contributed by atoms with E-state index < -0.39 is 17.7 Å². The average molecular weight is 351 g/mol. The smallest absolute Gasteiger partial charge is 0.295 e. The molecule has 2 aromatic rings. The standard InChI is InChI=1S/C20H21N3O3/c1-2-3-4-13-23-17(14-5-9-21-10-6-14)16(19(25)20(23)26)18(24)15-7-11-22-12-8-15/h5-12,17,24H,2-4,13H2,1H3/b18-16-. The van der Waals surface area contributed by atoms with E-state index in [0.717, 1.165) is 24.8 Å². The van der Waals surface area contributed by atoms with Crippen molar-refractivity contribution in [2.45, 2.75) is 32.2 Å². The van der Waals surface area contributed by atoms with Crippen LogP contribution in [0.5, 0.6) is 0 Å². The van der Waals surface area contributed by atoms with E-state index in [0.29, 0.717) is 12.1 Å². The Bertz CT molecular complexity index is 819. The van der Waals surface area contributed by atoms with Gasteiger partial charge in [-0.3, -0.25) is 19.6 Å². The molecule has 3 rings (SSSR count). The first-order valence-electron chi connectivity index (χ1n) is 8.74. The predicted molar refractivity (Wildman–Crippen MR) is 97.0 cm³/mol. The summed E-state index contributed by atoms with van der Waals surface area (Å²) in [4.78, 5) is 34.8. The summed E-state index contributed by atoms with van der Waals surface area (Å²) in [6.07, 6.45) is 9.10. The van der Waals surface area contributed by atoms with Crippen molar-refractivity contribution in [3.8, 4) is 0 Å². The molecular weight excluding hydrogens is 330 g/mol. The third kappa shape index (κ3) is 3.35. The molecule has 1 atom stereocenters. The highest BCUT2D eigenvalue weighted by Crippen LogP contribution is 2.39. The van der Waals surface area contributed by atoms with Crippen LogP contribution in [0.25, 0.3) is 5.76 Å². The lowest BCUT2D eigenvalue weighted by atomic mass is 9.96. The van der Waals surface area contributed by atoms with Crippen molar-refractivity contribution < 1.29 is 14.7 Å². The summed E-state index contributed by atoms with van der Waals surface area (Å²) in [5.41, 5.74) is 1.33. The van der Waals surface area contributed by atoms with Gasteiger partial charge in [-0.05, 0) is 36.2 Å². The molecule has 1 aliphatic rings. The number of carbonyl (C=O) groups is 2. The zero-order valence-electron chi connectivity index (χ0n) is 14.6. The highest BCUT2D eigenvalue weighted by atomic mass is 16.3. The lowest BCUT2D eigenvalue weighted by Crippen LogP contribution is -2.30. The highest BCUT2D eigenvalue weighted by molar-refractivity contribution is 6.46. The van der Waals surface area contributed by atoms with Gasteiger partial charge in [0.25, 0.3) is 11.7 Å². The number of aliphatic hydroxyl groups excluding tert-OH is 1. The summed E-state index contributed by atoms with van der Waals surface area (Å²) in [6, 6.07) is 6.15. The van der Waals surface area contributed by atoms with E-state index in [1.807, 2.05) is 0 Å². The van der Waals surface area contributed by atoms with Gasteiger partial charge in [0, 0.05) is 36.9 Å². The number of aliphatic hydroxyl groups is 1. The van der Waals surface area contributed by atoms with Gasteiger partial charge in [-0.25, -0.2) is 0 Å². The molecule has 0 aliphatic carbocycles. The Morgan fingerprint density at radius 2 is 1.65 bits per heavy atom. The van der Waals surface area contributed by atoms with Gasteiger partial charge in [-0.15, -0.1) is 0 Å². The number of carbonyl (C=O) groups excluding carboxylic acids is 2. The number of likely N-dealkylation sites (tertiary alicyclic amines) is 1. The zero-order valence-corrected chi connectivity index (χ0v) is 14.6. The van der Waals surface area contributed by atoms with Gasteiger partial charge in [-0.1, -0.05) is 19.8 Å². The molecule has 0 radical (unpaired) electrons. The number of ketones is 1. The van der Waals surface area contributed by atoms with Crippen molar-refractivity contribution >= 4 is 17.4 Å². The number of amides is 1. The molecule has 3 heterocycles. The molecule has 1 fully saturated rings. The fraction of sp³-hybridized carbons (Fsp3) is 0.300. The molecule has 0 spiro atoms. The van der Waals surface area contributed by atoms with E-state index in [2.05, 4.69) is 16.9 Å². The maximum absolute atomic E-state index is 12.7. The Hall–Kier alpha value is -3.02. The first-order chi connectivity index (χ1) is 12.6. The number of aromatic nitrogens is 2. The molecule has 1 saturated heterocycles. The number of unbranched alkanes of at least 4 members (excludes halogenated alkanes) is 2. The summed E-state index contributed by atoms with van der Waals surface area (Å²) >= 11 is 0. The number of hydrogen-bond donors (Lipinski definition) is 1. The van der Waals surface area contributed by atoms with Gasteiger partial charge in [0.15, 0.2) is 0 Å². The van der Waals surface area contributed by atoms with E-state index in [-0.39, 0.29) is 11.3 Å². The number of Topliss-reactive ketones (excluding diaryl/α,β-unsaturated/α-hetero) is 1. The van der Waals surface area contributed by atoms with Gasteiger partial charge in [0.1, 0.15) is 5.76 Å². The second-order valence-electron chi connectivity index (χ2n) is 6.22. The lowest BCUT2D eigenvalue weighted by molar-refractivity contribution is -0.139.